The highest BCUT2D eigenvalue weighted by Crippen LogP contribution is 2.38. The Labute approximate surface area is 132 Å². The number of nitrogens with zero attached hydrogens (tertiary/aromatic N) is 1. The molecule has 1 N–H and O–H groups in total. The zero-order valence-corrected chi connectivity index (χ0v) is 15.2. The fourth-order valence-corrected chi connectivity index (χ4v) is 4.17. The number of nitrogens with one attached hydrogen (secondary N) is 1. The molecule has 0 heterocycles. The lowest BCUT2D eigenvalue weighted by atomic mass is 9.70. The van der Waals surface area contributed by atoms with Crippen molar-refractivity contribution in [2.75, 3.05) is 26.8 Å². The van der Waals surface area contributed by atoms with Crippen LogP contribution in [0.15, 0.2) is 0 Å². The topological polar surface area (TPSA) is 24.5 Å². The van der Waals surface area contributed by atoms with Crippen molar-refractivity contribution in [2.24, 2.45) is 5.41 Å². The first-order valence-corrected chi connectivity index (χ1v) is 8.99. The first-order valence-electron chi connectivity index (χ1n) is 8.99. The minimum absolute atomic E-state index is 0.385. The molecule has 0 aromatic heterocycles. The van der Waals surface area contributed by atoms with E-state index < -0.39 is 0 Å². The van der Waals surface area contributed by atoms with Crippen LogP contribution in [0.2, 0.25) is 0 Å². The summed E-state index contributed by atoms with van der Waals surface area (Å²) in [6.45, 7) is 14.7. The fourth-order valence-electron chi connectivity index (χ4n) is 4.17. The summed E-state index contributed by atoms with van der Waals surface area (Å²) in [5, 5.41) is 3.80. The molecule has 0 amide bonds. The molecule has 1 aliphatic carbocycles. The molecule has 21 heavy (non-hydrogen) atoms. The van der Waals surface area contributed by atoms with E-state index in [4.69, 9.17) is 4.74 Å². The lowest BCUT2D eigenvalue weighted by Crippen LogP contribution is -2.61. The molecule has 2 unspecified atom stereocenters. The monoisotopic (exact) mass is 298 g/mol. The lowest BCUT2D eigenvalue weighted by Gasteiger charge is -2.50. The van der Waals surface area contributed by atoms with Crippen molar-refractivity contribution in [1.29, 1.82) is 0 Å². The van der Waals surface area contributed by atoms with E-state index in [1.54, 1.807) is 0 Å². The van der Waals surface area contributed by atoms with Crippen LogP contribution in [0.1, 0.15) is 66.7 Å². The van der Waals surface area contributed by atoms with E-state index in [1.807, 2.05) is 7.11 Å². The largest absolute Gasteiger partial charge is 0.383 e. The van der Waals surface area contributed by atoms with Crippen LogP contribution in [0, 0.1) is 5.41 Å². The van der Waals surface area contributed by atoms with Gasteiger partial charge < -0.3 is 10.1 Å². The van der Waals surface area contributed by atoms with E-state index in [0.29, 0.717) is 23.5 Å². The predicted molar refractivity (Wildman–Crippen MR) is 91.8 cm³/mol. The molecule has 3 nitrogen and oxygen atoms in total. The average molecular weight is 299 g/mol. The molecule has 2 atom stereocenters. The summed E-state index contributed by atoms with van der Waals surface area (Å²) in [4.78, 5) is 2.75. The van der Waals surface area contributed by atoms with E-state index in [0.717, 1.165) is 19.7 Å². The van der Waals surface area contributed by atoms with Gasteiger partial charge in [-0.05, 0) is 37.6 Å². The molecule has 1 rings (SSSR count). The van der Waals surface area contributed by atoms with E-state index in [1.165, 1.54) is 32.1 Å². The Kier molecular flexibility index (Phi) is 8.22. The number of methoxy groups -OCH3 is 1. The average Bonchev–Trinajstić information content (AvgIpc) is 2.46. The predicted octanol–water partition coefficient (Wildman–Crippen LogP) is 3.68. The van der Waals surface area contributed by atoms with Gasteiger partial charge in [0.1, 0.15) is 0 Å². The van der Waals surface area contributed by atoms with Gasteiger partial charge in [0, 0.05) is 31.8 Å². The molecule has 1 aliphatic rings. The maximum atomic E-state index is 5.39. The van der Waals surface area contributed by atoms with Gasteiger partial charge in [0.15, 0.2) is 0 Å². The van der Waals surface area contributed by atoms with Crippen molar-refractivity contribution < 1.29 is 4.74 Å². The molecule has 0 aromatic carbocycles. The van der Waals surface area contributed by atoms with Crippen LogP contribution in [-0.2, 0) is 4.74 Å². The molecular formula is C18H38N2O. The summed E-state index contributed by atoms with van der Waals surface area (Å²) >= 11 is 0. The van der Waals surface area contributed by atoms with Crippen LogP contribution >= 0.6 is 0 Å². The summed E-state index contributed by atoms with van der Waals surface area (Å²) in [7, 11) is 1.82. The second-order valence-electron chi connectivity index (χ2n) is 7.18. The maximum Gasteiger partial charge on any atom is 0.0589 e. The number of hydrogen-bond acceptors (Lipinski definition) is 3. The van der Waals surface area contributed by atoms with Gasteiger partial charge in [-0.3, -0.25) is 4.90 Å². The summed E-state index contributed by atoms with van der Waals surface area (Å²) in [6.07, 6.45) is 6.47. The van der Waals surface area contributed by atoms with E-state index in [-0.39, 0.29) is 0 Å². The van der Waals surface area contributed by atoms with Crippen LogP contribution in [0.25, 0.3) is 0 Å². The van der Waals surface area contributed by atoms with Gasteiger partial charge in [-0.15, -0.1) is 0 Å². The molecule has 0 radical (unpaired) electrons. The Balaban J connectivity index is 2.94. The van der Waals surface area contributed by atoms with Gasteiger partial charge in [0.2, 0.25) is 0 Å². The molecule has 0 spiro atoms. The molecular weight excluding hydrogens is 260 g/mol. The van der Waals surface area contributed by atoms with Crippen LogP contribution in [0.4, 0.5) is 0 Å². The number of ether oxygens (including phenoxy) is 1. The molecule has 0 bridgehead atoms. The van der Waals surface area contributed by atoms with Crippen molar-refractivity contribution in [2.45, 2.75) is 84.8 Å². The summed E-state index contributed by atoms with van der Waals surface area (Å²) < 4.78 is 5.39. The summed E-state index contributed by atoms with van der Waals surface area (Å²) in [5.74, 6) is 0. The van der Waals surface area contributed by atoms with E-state index >= 15 is 0 Å². The third kappa shape index (κ3) is 4.94. The highest BCUT2D eigenvalue weighted by atomic mass is 16.5. The van der Waals surface area contributed by atoms with Gasteiger partial charge in [0.05, 0.1) is 6.61 Å². The van der Waals surface area contributed by atoms with Crippen molar-refractivity contribution in [3.05, 3.63) is 0 Å². The van der Waals surface area contributed by atoms with Crippen LogP contribution in [0.5, 0.6) is 0 Å². The van der Waals surface area contributed by atoms with Crippen molar-refractivity contribution in [3.63, 3.8) is 0 Å². The Morgan fingerprint density at radius 3 is 2.43 bits per heavy atom. The maximum absolute atomic E-state index is 5.39. The standard InChI is InChI=1S/C18H38N2O/c1-7-15(8-2)20(13-14-21-6)16-11-10-12-18(4,5)17(16)19-9-3/h15-17,19H,7-14H2,1-6H3. The molecule has 0 aromatic rings. The second-order valence-corrected chi connectivity index (χ2v) is 7.18. The SMILES string of the molecule is CCNC1C(N(CCOC)C(CC)CC)CCCC1(C)C. The minimum atomic E-state index is 0.385. The van der Waals surface area contributed by atoms with E-state index in [9.17, 15) is 0 Å². The van der Waals surface area contributed by atoms with Gasteiger partial charge in [0.25, 0.3) is 0 Å². The van der Waals surface area contributed by atoms with Crippen molar-refractivity contribution >= 4 is 0 Å². The Morgan fingerprint density at radius 2 is 1.90 bits per heavy atom. The number of hydrogen-bond donors (Lipinski definition) is 1. The van der Waals surface area contributed by atoms with Crippen molar-refractivity contribution in [3.8, 4) is 0 Å². The van der Waals surface area contributed by atoms with Crippen molar-refractivity contribution in [1.82, 2.24) is 10.2 Å². The normalized spacial score (nSPS) is 25.7. The molecule has 1 saturated carbocycles. The second kappa shape index (κ2) is 9.12. The highest BCUT2D eigenvalue weighted by Gasteiger charge is 2.42. The summed E-state index contributed by atoms with van der Waals surface area (Å²) in [6, 6.07) is 1.92. The zero-order valence-electron chi connectivity index (χ0n) is 15.2. The number of likely N-dealkylation sites (N-methyl/N-ethyl adjacent to an activating group) is 1. The third-order valence-electron chi connectivity index (χ3n) is 5.36. The smallest absolute Gasteiger partial charge is 0.0589 e. The van der Waals surface area contributed by atoms with E-state index in [2.05, 4.69) is 44.8 Å². The zero-order chi connectivity index (χ0) is 15.9. The van der Waals surface area contributed by atoms with Gasteiger partial charge in [-0.2, -0.15) is 0 Å². The Morgan fingerprint density at radius 1 is 1.24 bits per heavy atom. The van der Waals surface area contributed by atoms with Gasteiger partial charge in [-0.1, -0.05) is 41.0 Å². The highest BCUT2D eigenvalue weighted by molar-refractivity contribution is 4.99. The number of rotatable bonds is 9. The molecule has 0 aliphatic heterocycles. The van der Waals surface area contributed by atoms with Crippen LogP contribution < -0.4 is 5.32 Å². The first kappa shape index (κ1) is 18.9. The Bertz CT molecular complexity index is 276. The fraction of sp³-hybridized carbons (Fsp3) is 1.00. The molecule has 126 valence electrons. The summed E-state index contributed by atoms with van der Waals surface area (Å²) in [5.41, 5.74) is 0.385. The molecule has 3 heteroatoms. The van der Waals surface area contributed by atoms with Gasteiger partial charge in [-0.25, -0.2) is 0 Å². The van der Waals surface area contributed by atoms with Gasteiger partial charge >= 0.3 is 0 Å². The molecule has 0 saturated heterocycles. The minimum Gasteiger partial charge on any atom is -0.383 e. The third-order valence-corrected chi connectivity index (χ3v) is 5.36. The lowest BCUT2D eigenvalue weighted by molar-refractivity contribution is 0.00676. The first-order chi connectivity index (χ1) is 10.0. The van der Waals surface area contributed by atoms with Crippen LogP contribution in [-0.4, -0.2) is 49.8 Å². The Hall–Kier alpha value is -0.120. The molecule has 1 fully saturated rings. The van der Waals surface area contributed by atoms with Crippen LogP contribution in [0.3, 0.4) is 0 Å². The quantitative estimate of drug-likeness (QED) is 0.703.